The zero-order valence-corrected chi connectivity index (χ0v) is 11.0. The number of methoxy groups -OCH3 is 1. The molecule has 2 N–H and O–H groups in total. The van der Waals surface area contributed by atoms with Crippen molar-refractivity contribution in [2.24, 2.45) is 5.73 Å². The molecule has 1 atom stereocenters. The van der Waals surface area contributed by atoms with Crippen molar-refractivity contribution < 1.29 is 4.74 Å². The van der Waals surface area contributed by atoms with Crippen LogP contribution in [0.25, 0.3) is 0 Å². The minimum atomic E-state index is 0.00320. The van der Waals surface area contributed by atoms with E-state index in [9.17, 15) is 0 Å². The summed E-state index contributed by atoms with van der Waals surface area (Å²) in [6, 6.07) is 7.98. The maximum Gasteiger partial charge on any atom is 0.138 e. The average molecular weight is 258 g/mol. The molecule has 1 aromatic carbocycles. The smallest absolute Gasteiger partial charge is 0.138 e. The number of aromatic nitrogens is 3. The number of nitrogens with zero attached hydrogens (tertiary/aromatic N) is 3. The van der Waals surface area contributed by atoms with Gasteiger partial charge in [0.15, 0.2) is 0 Å². The number of ether oxygens (including phenoxy) is 1. The highest BCUT2D eigenvalue weighted by Crippen LogP contribution is 2.25. The van der Waals surface area contributed by atoms with Gasteiger partial charge in [-0.1, -0.05) is 18.2 Å². The molecule has 100 valence electrons. The summed E-state index contributed by atoms with van der Waals surface area (Å²) >= 11 is 0. The zero-order chi connectivity index (χ0) is 13.2. The summed E-state index contributed by atoms with van der Waals surface area (Å²) in [5.41, 5.74) is 7.28. The summed E-state index contributed by atoms with van der Waals surface area (Å²) < 4.78 is 7.46. The Bertz CT molecular complexity index is 579. The molecule has 0 spiro atoms. The third kappa shape index (κ3) is 2.21. The maximum absolute atomic E-state index is 6.17. The fourth-order valence-corrected chi connectivity index (χ4v) is 2.65. The first-order valence-electron chi connectivity index (χ1n) is 6.59. The van der Waals surface area contributed by atoms with E-state index in [4.69, 9.17) is 10.5 Å². The predicted molar refractivity (Wildman–Crippen MR) is 72.0 cm³/mol. The Labute approximate surface area is 112 Å². The van der Waals surface area contributed by atoms with Crippen molar-refractivity contribution in [3.63, 3.8) is 0 Å². The number of hydrogen-bond donors (Lipinski definition) is 1. The molecular weight excluding hydrogens is 240 g/mol. The van der Waals surface area contributed by atoms with E-state index >= 15 is 0 Å². The minimum Gasteiger partial charge on any atom is -0.496 e. The van der Waals surface area contributed by atoms with E-state index in [0.717, 1.165) is 42.2 Å². The van der Waals surface area contributed by atoms with Gasteiger partial charge in [0, 0.05) is 18.4 Å². The molecule has 0 saturated heterocycles. The van der Waals surface area contributed by atoms with Crippen LogP contribution in [0.15, 0.2) is 24.3 Å². The molecule has 1 aliphatic rings. The van der Waals surface area contributed by atoms with Crippen molar-refractivity contribution in [1.29, 1.82) is 0 Å². The van der Waals surface area contributed by atoms with Crippen LogP contribution in [-0.4, -0.2) is 21.9 Å². The third-order valence-electron chi connectivity index (χ3n) is 3.61. The maximum atomic E-state index is 6.17. The highest BCUT2D eigenvalue weighted by molar-refractivity contribution is 5.35. The van der Waals surface area contributed by atoms with Crippen molar-refractivity contribution >= 4 is 0 Å². The topological polar surface area (TPSA) is 66.0 Å². The van der Waals surface area contributed by atoms with Crippen molar-refractivity contribution in [3.05, 3.63) is 41.5 Å². The Balaban J connectivity index is 1.94. The van der Waals surface area contributed by atoms with Crippen LogP contribution >= 0.6 is 0 Å². The lowest BCUT2D eigenvalue weighted by Crippen LogP contribution is -2.26. The Morgan fingerprint density at radius 3 is 3.05 bits per heavy atom. The number of para-hydroxylation sites is 1. The first-order chi connectivity index (χ1) is 9.29. The molecule has 19 heavy (non-hydrogen) atoms. The largest absolute Gasteiger partial charge is 0.496 e. The van der Waals surface area contributed by atoms with Gasteiger partial charge in [-0.05, 0) is 18.9 Å². The molecule has 0 bridgehead atoms. The number of nitrogens with two attached hydrogens (primary N) is 1. The molecule has 1 aliphatic heterocycles. The molecule has 0 amide bonds. The third-order valence-corrected chi connectivity index (χ3v) is 3.61. The van der Waals surface area contributed by atoms with E-state index < -0.39 is 0 Å². The molecule has 1 aromatic heterocycles. The summed E-state index contributed by atoms with van der Waals surface area (Å²) in [6.07, 6.45) is 3.75. The Morgan fingerprint density at radius 2 is 2.21 bits per heavy atom. The lowest BCUT2D eigenvalue weighted by molar-refractivity contribution is 0.395. The van der Waals surface area contributed by atoms with Gasteiger partial charge in [-0.3, -0.25) is 4.57 Å². The van der Waals surface area contributed by atoms with Crippen molar-refractivity contribution in [2.45, 2.75) is 31.8 Å². The molecule has 0 aliphatic carbocycles. The number of fused-ring (bicyclic) bond motifs is 1. The number of aryl methyl sites for hydroxylation is 1. The Kier molecular flexibility index (Phi) is 3.21. The first kappa shape index (κ1) is 12.2. The van der Waals surface area contributed by atoms with Crippen LogP contribution < -0.4 is 10.5 Å². The highest BCUT2D eigenvalue weighted by Gasteiger charge is 2.22. The van der Waals surface area contributed by atoms with Crippen molar-refractivity contribution in [3.8, 4) is 5.75 Å². The molecule has 2 aromatic rings. The van der Waals surface area contributed by atoms with E-state index in [0.29, 0.717) is 6.42 Å². The van der Waals surface area contributed by atoms with Gasteiger partial charge in [0.05, 0.1) is 13.3 Å². The van der Waals surface area contributed by atoms with E-state index in [1.54, 1.807) is 7.11 Å². The summed E-state index contributed by atoms with van der Waals surface area (Å²) in [6.45, 7) is 0. The van der Waals surface area contributed by atoms with E-state index in [-0.39, 0.29) is 6.17 Å². The molecule has 5 nitrogen and oxygen atoms in total. The quantitative estimate of drug-likeness (QED) is 0.909. The Morgan fingerprint density at radius 1 is 1.37 bits per heavy atom. The lowest BCUT2D eigenvalue weighted by atomic mass is 10.1. The molecule has 1 unspecified atom stereocenters. The normalized spacial score (nSPS) is 18.1. The highest BCUT2D eigenvalue weighted by atomic mass is 16.5. The SMILES string of the molecule is COc1ccccc1Cc1nnc2n1C(N)CCC2. The van der Waals surface area contributed by atoms with Crippen molar-refractivity contribution in [2.75, 3.05) is 7.11 Å². The van der Waals surface area contributed by atoms with Gasteiger partial charge in [0.1, 0.15) is 17.4 Å². The summed E-state index contributed by atoms with van der Waals surface area (Å²) in [4.78, 5) is 0. The second-order valence-electron chi connectivity index (χ2n) is 4.85. The van der Waals surface area contributed by atoms with Crippen LogP contribution in [0, 0.1) is 0 Å². The first-order valence-corrected chi connectivity index (χ1v) is 6.59. The fraction of sp³-hybridized carbons (Fsp3) is 0.429. The molecule has 0 saturated carbocycles. The zero-order valence-electron chi connectivity index (χ0n) is 11.0. The van der Waals surface area contributed by atoms with Crippen LogP contribution in [0.3, 0.4) is 0 Å². The Hall–Kier alpha value is -1.88. The van der Waals surface area contributed by atoms with Gasteiger partial charge in [-0.15, -0.1) is 10.2 Å². The van der Waals surface area contributed by atoms with Crippen LogP contribution in [0.4, 0.5) is 0 Å². The predicted octanol–water partition coefficient (Wildman–Crippen LogP) is 1.67. The summed E-state index contributed by atoms with van der Waals surface area (Å²) in [7, 11) is 1.68. The molecule has 0 radical (unpaired) electrons. The van der Waals surface area contributed by atoms with Crippen LogP contribution in [0.2, 0.25) is 0 Å². The van der Waals surface area contributed by atoms with Crippen LogP contribution in [-0.2, 0) is 12.8 Å². The number of hydrogen-bond acceptors (Lipinski definition) is 4. The molecule has 5 heteroatoms. The van der Waals surface area contributed by atoms with Crippen LogP contribution in [0.1, 0.15) is 36.2 Å². The van der Waals surface area contributed by atoms with E-state index in [1.807, 2.05) is 18.2 Å². The van der Waals surface area contributed by atoms with Gasteiger partial charge in [0.2, 0.25) is 0 Å². The van der Waals surface area contributed by atoms with E-state index in [2.05, 4.69) is 20.8 Å². The number of benzene rings is 1. The molecular formula is C14H18N4O. The second-order valence-corrected chi connectivity index (χ2v) is 4.85. The lowest BCUT2D eigenvalue weighted by Gasteiger charge is -2.22. The summed E-state index contributed by atoms with van der Waals surface area (Å²) in [5.74, 6) is 2.81. The average Bonchev–Trinajstić information content (AvgIpc) is 2.84. The standard InChI is InChI=1S/C14H18N4O/c1-19-11-6-3-2-5-10(11)9-14-17-16-13-8-4-7-12(15)18(13)14/h2-3,5-6,12H,4,7-9,15H2,1H3. The van der Waals surface area contributed by atoms with Gasteiger partial charge in [-0.25, -0.2) is 0 Å². The van der Waals surface area contributed by atoms with Crippen LogP contribution in [0.5, 0.6) is 5.75 Å². The molecule has 2 heterocycles. The van der Waals surface area contributed by atoms with E-state index in [1.165, 1.54) is 0 Å². The molecule has 0 fully saturated rings. The number of rotatable bonds is 3. The van der Waals surface area contributed by atoms with Gasteiger partial charge >= 0.3 is 0 Å². The minimum absolute atomic E-state index is 0.00320. The fourth-order valence-electron chi connectivity index (χ4n) is 2.65. The summed E-state index contributed by atoms with van der Waals surface area (Å²) in [5, 5.41) is 8.55. The molecule has 3 rings (SSSR count). The van der Waals surface area contributed by atoms with Gasteiger partial charge in [0.25, 0.3) is 0 Å². The van der Waals surface area contributed by atoms with Gasteiger partial charge in [-0.2, -0.15) is 0 Å². The monoisotopic (exact) mass is 258 g/mol. The second kappa shape index (κ2) is 5.01. The van der Waals surface area contributed by atoms with Crippen molar-refractivity contribution in [1.82, 2.24) is 14.8 Å². The van der Waals surface area contributed by atoms with Gasteiger partial charge < -0.3 is 10.5 Å².